The Morgan fingerprint density at radius 1 is 1.42 bits per heavy atom. The number of primary amides is 1. The molecule has 0 heterocycles. The summed E-state index contributed by atoms with van der Waals surface area (Å²) >= 11 is 0. The molecule has 1 aromatic carbocycles. The van der Waals surface area contributed by atoms with Gasteiger partial charge in [0.1, 0.15) is 11.5 Å². The number of nitrogens with one attached hydrogen (secondary N) is 1. The summed E-state index contributed by atoms with van der Waals surface area (Å²) in [6.07, 6.45) is -0.393. The molecule has 3 N–H and O–H groups in total. The molecule has 0 saturated carbocycles. The minimum atomic E-state index is -0.973. The van der Waals surface area contributed by atoms with Gasteiger partial charge >= 0.3 is 6.03 Å². The zero-order valence-electron chi connectivity index (χ0n) is 10.5. The zero-order valence-corrected chi connectivity index (χ0v) is 10.5. The highest BCUT2D eigenvalue weighted by Gasteiger charge is 2.17. The number of aldehydes is 1. The highest BCUT2D eigenvalue weighted by atomic mass is 16.5. The van der Waals surface area contributed by atoms with Crippen molar-refractivity contribution in [2.75, 3.05) is 7.11 Å². The number of benzene rings is 1. The van der Waals surface area contributed by atoms with Crippen molar-refractivity contribution in [3.63, 3.8) is 0 Å². The van der Waals surface area contributed by atoms with E-state index in [0.717, 1.165) is 0 Å². The number of nitrogens with two attached hydrogens (primary N) is 1. The fraction of sp³-hybridized carbons (Fsp3) is 0.250. The van der Waals surface area contributed by atoms with Gasteiger partial charge in [-0.15, -0.1) is 0 Å². The first-order chi connectivity index (χ1) is 8.97. The minimum Gasteiger partial charge on any atom is -0.497 e. The molecule has 0 spiro atoms. The van der Waals surface area contributed by atoms with E-state index in [1.807, 2.05) is 5.32 Å². The number of imide groups is 1. The van der Waals surface area contributed by atoms with Crippen molar-refractivity contribution in [1.29, 1.82) is 0 Å². The van der Waals surface area contributed by atoms with E-state index in [1.54, 1.807) is 6.07 Å². The van der Waals surface area contributed by atoms with E-state index in [0.29, 0.717) is 12.0 Å². The summed E-state index contributed by atoms with van der Waals surface area (Å²) in [5, 5.41) is 1.88. The maximum absolute atomic E-state index is 11.4. The van der Waals surface area contributed by atoms with Crippen molar-refractivity contribution in [2.24, 2.45) is 5.73 Å². The van der Waals surface area contributed by atoms with Crippen molar-refractivity contribution in [3.05, 3.63) is 23.8 Å². The second-order valence-corrected chi connectivity index (χ2v) is 3.64. The molecule has 0 aliphatic heterocycles. The monoisotopic (exact) mass is 266 g/mol. The maximum Gasteiger partial charge on any atom is 0.318 e. The van der Waals surface area contributed by atoms with E-state index in [1.165, 1.54) is 26.2 Å². The average Bonchev–Trinajstić information content (AvgIpc) is 2.38. The van der Waals surface area contributed by atoms with Crippen LogP contribution in [0.2, 0.25) is 0 Å². The third-order valence-electron chi connectivity index (χ3n) is 2.26. The van der Waals surface area contributed by atoms with Crippen LogP contribution in [0.1, 0.15) is 17.3 Å². The Labute approximate surface area is 109 Å². The van der Waals surface area contributed by atoms with Gasteiger partial charge in [0.25, 0.3) is 5.91 Å². The predicted octanol–water partition coefficient (Wildman–Crippen LogP) is 0.470. The van der Waals surface area contributed by atoms with Gasteiger partial charge in [-0.05, 0) is 25.1 Å². The third-order valence-corrected chi connectivity index (χ3v) is 2.26. The van der Waals surface area contributed by atoms with Crippen LogP contribution in [-0.2, 0) is 4.79 Å². The zero-order chi connectivity index (χ0) is 14.4. The van der Waals surface area contributed by atoms with Crippen LogP contribution in [0.4, 0.5) is 4.79 Å². The van der Waals surface area contributed by atoms with Crippen molar-refractivity contribution in [2.45, 2.75) is 13.0 Å². The van der Waals surface area contributed by atoms with Crippen LogP contribution >= 0.6 is 0 Å². The lowest BCUT2D eigenvalue weighted by Crippen LogP contribution is -2.42. The number of rotatable bonds is 5. The quantitative estimate of drug-likeness (QED) is 0.753. The van der Waals surface area contributed by atoms with Crippen molar-refractivity contribution < 1.29 is 23.9 Å². The Balaban J connectivity index is 2.84. The Bertz CT molecular complexity index is 501. The lowest BCUT2D eigenvalue weighted by atomic mass is 10.2. The summed E-state index contributed by atoms with van der Waals surface area (Å²) in [5.74, 6) is 0.00628. The van der Waals surface area contributed by atoms with Crippen molar-refractivity contribution >= 4 is 18.2 Å². The predicted molar refractivity (Wildman–Crippen MR) is 66.2 cm³/mol. The third kappa shape index (κ3) is 3.98. The fourth-order valence-corrected chi connectivity index (χ4v) is 1.32. The fourth-order valence-electron chi connectivity index (χ4n) is 1.32. The molecule has 0 aliphatic carbocycles. The molecule has 0 bridgehead atoms. The molecular weight excluding hydrogens is 252 g/mol. The lowest BCUT2D eigenvalue weighted by molar-refractivity contribution is -0.126. The number of hydrogen-bond donors (Lipinski definition) is 2. The molecule has 0 saturated heterocycles. The minimum absolute atomic E-state index is 0.211. The molecule has 0 fully saturated rings. The van der Waals surface area contributed by atoms with E-state index in [4.69, 9.17) is 15.2 Å². The number of carbonyl (C=O) groups excluding carboxylic acids is 3. The number of hydrogen-bond acceptors (Lipinski definition) is 5. The Morgan fingerprint density at radius 3 is 2.63 bits per heavy atom. The van der Waals surface area contributed by atoms with Crippen LogP contribution in [0.25, 0.3) is 0 Å². The smallest absolute Gasteiger partial charge is 0.318 e. The summed E-state index contributed by atoms with van der Waals surface area (Å²) in [6, 6.07) is 3.59. The number of ether oxygens (including phenoxy) is 2. The van der Waals surface area contributed by atoms with E-state index in [2.05, 4.69) is 0 Å². The van der Waals surface area contributed by atoms with Gasteiger partial charge in [0, 0.05) is 0 Å². The molecule has 1 aromatic rings. The van der Waals surface area contributed by atoms with Crippen molar-refractivity contribution in [3.8, 4) is 11.5 Å². The van der Waals surface area contributed by atoms with Gasteiger partial charge in [-0.3, -0.25) is 14.9 Å². The molecule has 0 unspecified atom stereocenters. The Morgan fingerprint density at radius 2 is 2.11 bits per heavy atom. The number of urea groups is 1. The molecule has 1 rings (SSSR count). The van der Waals surface area contributed by atoms with Crippen LogP contribution in [0.3, 0.4) is 0 Å². The molecule has 3 amide bonds. The van der Waals surface area contributed by atoms with Gasteiger partial charge < -0.3 is 15.2 Å². The number of amides is 3. The summed E-state index contributed by atoms with van der Waals surface area (Å²) < 4.78 is 10.3. The van der Waals surface area contributed by atoms with E-state index < -0.39 is 18.0 Å². The number of methoxy groups -OCH3 is 1. The summed E-state index contributed by atoms with van der Waals surface area (Å²) in [6.45, 7) is 1.43. The standard InChI is InChI=1S/C12H14N2O5/c1-7(11(16)14-12(13)17)19-10-4-3-9(18-2)5-8(10)6-15/h3-7H,1-2H3,(H3,13,14,16,17)/t7-/m0/s1. The van der Waals surface area contributed by atoms with Crippen LogP contribution in [-0.4, -0.2) is 31.4 Å². The highest BCUT2D eigenvalue weighted by molar-refractivity contribution is 5.95. The Hall–Kier alpha value is -2.57. The van der Waals surface area contributed by atoms with Crippen LogP contribution < -0.4 is 20.5 Å². The van der Waals surface area contributed by atoms with E-state index in [-0.39, 0.29) is 11.3 Å². The van der Waals surface area contributed by atoms with Crippen molar-refractivity contribution in [1.82, 2.24) is 5.32 Å². The highest BCUT2D eigenvalue weighted by Crippen LogP contribution is 2.23. The summed E-state index contributed by atoms with van der Waals surface area (Å²) in [4.78, 5) is 32.9. The van der Waals surface area contributed by atoms with Gasteiger partial charge in [0.2, 0.25) is 0 Å². The van der Waals surface area contributed by atoms with Crippen LogP contribution in [0, 0.1) is 0 Å². The molecule has 19 heavy (non-hydrogen) atoms. The first-order valence-electron chi connectivity index (χ1n) is 5.38. The van der Waals surface area contributed by atoms with E-state index >= 15 is 0 Å². The van der Waals surface area contributed by atoms with Gasteiger partial charge in [0.05, 0.1) is 12.7 Å². The van der Waals surface area contributed by atoms with Gasteiger partial charge in [-0.25, -0.2) is 4.79 Å². The van der Waals surface area contributed by atoms with Gasteiger partial charge in [0.15, 0.2) is 12.4 Å². The first kappa shape index (κ1) is 14.5. The first-order valence-corrected chi connectivity index (χ1v) is 5.38. The molecule has 0 aliphatic rings. The maximum atomic E-state index is 11.4. The molecule has 0 radical (unpaired) electrons. The van der Waals surface area contributed by atoms with E-state index in [9.17, 15) is 14.4 Å². The lowest BCUT2D eigenvalue weighted by Gasteiger charge is -2.15. The topological polar surface area (TPSA) is 108 Å². The second kappa shape index (κ2) is 6.39. The summed E-state index contributed by atoms with van der Waals surface area (Å²) in [5.41, 5.74) is 5.05. The number of carbonyl (C=O) groups is 3. The molecular formula is C12H14N2O5. The summed E-state index contributed by atoms with van der Waals surface area (Å²) in [7, 11) is 1.47. The SMILES string of the molecule is COc1ccc(O[C@@H](C)C(=O)NC(N)=O)c(C=O)c1. The normalized spacial score (nSPS) is 11.3. The van der Waals surface area contributed by atoms with Crippen LogP contribution in [0.15, 0.2) is 18.2 Å². The molecule has 7 nitrogen and oxygen atoms in total. The molecule has 1 atom stereocenters. The second-order valence-electron chi connectivity index (χ2n) is 3.64. The largest absolute Gasteiger partial charge is 0.497 e. The van der Waals surface area contributed by atoms with Gasteiger partial charge in [-0.2, -0.15) is 0 Å². The van der Waals surface area contributed by atoms with Crippen LogP contribution in [0.5, 0.6) is 11.5 Å². The molecule has 7 heteroatoms. The molecule has 0 aromatic heterocycles. The molecule has 102 valence electrons. The average molecular weight is 266 g/mol. The van der Waals surface area contributed by atoms with Gasteiger partial charge in [-0.1, -0.05) is 0 Å². The Kier molecular flexibility index (Phi) is 4.87.